The van der Waals surface area contributed by atoms with Crippen molar-refractivity contribution in [1.82, 2.24) is 0 Å². The Hall–Kier alpha value is 0.180. The number of halogens is 2. The standard InChI is InChI=1S/C13H16Br2/c14-12-6-3-4-10(9-12)8-11-5-1-2-7-13(11)15/h1-2,5,7,10,12H,3-4,6,8-9H2. The minimum Gasteiger partial charge on any atom is -0.0891 e. The molecule has 1 aliphatic carbocycles. The molecule has 1 saturated carbocycles. The molecule has 0 aliphatic heterocycles. The third-order valence-electron chi connectivity index (χ3n) is 3.19. The van der Waals surface area contributed by atoms with Gasteiger partial charge >= 0.3 is 0 Å². The third kappa shape index (κ3) is 3.32. The first-order valence-corrected chi connectivity index (χ1v) is 7.34. The molecule has 0 saturated heterocycles. The largest absolute Gasteiger partial charge is 0.0891 e. The van der Waals surface area contributed by atoms with Gasteiger partial charge in [-0.3, -0.25) is 0 Å². The summed E-state index contributed by atoms with van der Waals surface area (Å²) in [5.74, 6) is 0.863. The van der Waals surface area contributed by atoms with Gasteiger partial charge in [-0.05, 0) is 36.8 Å². The molecule has 2 heteroatoms. The smallest absolute Gasteiger partial charge is 0.0207 e. The first-order valence-electron chi connectivity index (χ1n) is 5.63. The normalized spacial score (nSPS) is 26.5. The SMILES string of the molecule is Brc1ccccc1CC1CCCC(Br)C1. The molecule has 0 N–H and O–H groups in total. The van der Waals surface area contributed by atoms with Gasteiger partial charge in [-0.15, -0.1) is 0 Å². The van der Waals surface area contributed by atoms with Gasteiger partial charge in [0.2, 0.25) is 0 Å². The van der Waals surface area contributed by atoms with Crippen LogP contribution in [0.2, 0.25) is 0 Å². The van der Waals surface area contributed by atoms with Gasteiger partial charge in [0.05, 0.1) is 0 Å². The molecule has 82 valence electrons. The van der Waals surface area contributed by atoms with Crippen molar-refractivity contribution >= 4 is 31.9 Å². The van der Waals surface area contributed by atoms with Crippen LogP contribution in [0.4, 0.5) is 0 Å². The first-order chi connectivity index (χ1) is 7.25. The van der Waals surface area contributed by atoms with Crippen LogP contribution in [0.1, 0.15) is 31.2 Å². The second-order valence-electron chi connectivity index (χ2n) is 4.43. The zero-order valence-corrected chi connectivity index (χ0v) is 11.9. The minimum atomic E-state index is 0.749. The van der Waals surface area contributed by atoms with Crippen molar-refractivity contribution in [3.63, 3.8) is 0 Å². The highest BCUT2D eigenvalue weighted by atomic mass is 79.9. The van der Waals surface area contributed by atoms with Crippen LogP contribution < -0.4 is 0 Å². The summed E-state index contributed by atoms with van der Waals surface area (Å²) in [7, 11) is 0. The summed E-state index contributed by atoms with van der Waals surface area (Å²) in [5.41, 5.74) is 1.46. The van der Waals surface area contributed by atoms with E-state index in [0.29, 0.717) is 0 Å². The van der Waals surface area contributed by atoms with Gasteiger partial charge in [-0.2, -0.15) is 0 Å². The average molecular weight is 332 g/mol. The number of hydrogen-bond acceptors (Lipinski definition) is 0. The molecule has 0 aromatic heterocycles. The Morgan fingerprint density at radius 1 is 1.20 bits per heavy atom. The highest BCUT2D eigenvalue weighted by Crippen LogP contribution is 2.32. The summed E-state index contributed by atoms with van der Waals surface area (Å²) >= 11 is 7.38. The monoisotopic (exact) mass is 330 g/mol. The molecule has 2 atom stereocenters. The molecular formula is C13H16Br2. The zero-order valence-electron chi connectivity index (χ0n) is 8.76. The minimum absolute atomic E-state index is 0.749. The topological polar surface area (TPSA) is 0 Å². The Kier molecular flexibility index (Phi) is 4.27. The lowest BCUT2D eigenvalue weighted by molar-refractivity contribution is 0.367. The second kappa shape index (κ2) is 5.49. The predicted molar refractivity (Wildman–Crippen MR) is 72.5 cm³/mol. The van der Waals surface area contributed by atoms with Crippen molar-refractivity contribution in [1.29, 1.82) is 0 Å². The Bertz CT molecular complexity index is 322. The molecule has 0 amide bonds. The maximum Gasteiger partial charge on any atom is 0.0207 e. The Labute approximate surface area is 109 Å². The lowest BCUT2D eigenvalue weighted by Crippen LogP contribution is -2.17. The van der Waals surface area contributed by atoms with Crippen molar-refractivity contribution in [2.24, 2.45) is 5.92 Å². The lowest BCUT2D eigenvalue weighted by atomic mass is 9.85. The molecule has 0 spiro atoms. The van der Waals surface area contributed by atoms with Crippen LogP contribution in [0, 0.1) is 5.92 Å². The summed E-state index contributed by atoms with van der Waals surface area (Å²) in [5, 5.41) is 0. The molecule has 0 radical (unpaired) electrons. The second-order valence-corrected chi connectivity index (χ2v) is 6.57. The van der Waals surface area contributed by atoms with Crippen LogP contribution in [0.5, 0.6) is 0 Å². The number of benzene rings is 1. The lowest BCUT2D eigenvalue weighted by Gasteiger charge is -2.25. The molecule has 2 unspecified atom stereocenters. The average Bonchev–Trinajstić information content (AvgIpc) is 2.22. The van der Waals surface area contributed by atoms with Crippen LogP contribution in [-0.4, -0.2) is 4.83 Å². The van der Waals surface area contributed by atoms with Gasteiger partial charge in [0, 0.05) is 9.30 Å². The molecule has 1 fully saturated rings. The first kappa shape index (κ1) is 11.7. The van der Waals surface area contributed by atoms with Gasteiger partial charge in [0.1, 0.15) is 0 Å². The highest BCUT2D eigenvalue weighted by molar-refractivity contribution is 9.10. The molecule has 0 heterocycles. The van der Waals surface area contributed by atoms with Crippen molar-refractivity contribution in [2.45, 2.75) is 36.9 Å². The van der Waals surface area contributed by atoms with E-state index in [0.717, 1.165) is 10.7 Å². The van der Waals surface area contributed by atoms with Crippen LogP contribution in [0.15, 0.2) is 28.7 Å². The molecule has 2 rings (SSSR count). The Morgan fingerprint density at radius 2 is 2.00 bits per heavy atom. The van der Waals surface area contributed by atoms with Crippen molar-refractivity contribution in [3.8, 4) is 0 Å². The third-order valence-corrected chi connectivity index (χ3v) is 4.79. The maximum absolute atomic E-state index is 3.75. The Balaban J connectivity index is 1.99. The molecule has 1 aromatic carbocycles. The molecule has 1 aliphatic rings. The summed E-state index contributed by atoms with van der Waals surface area (Å²) in [6, 6.07) is 8.60. The number of rotatable bonds is 2. The van der Waals surface area contributed by atoms with Gasteiger partial charge < -0.3 is 0 Å². The van der Waals surface area contributed by atoms with E-state index < -0.39 is 0 Å². The van der Waals surface area contributed by atoms with Crippen molar-refractivity contribution in [3.05, 3.63) is 34.3 Å². The summed E-state index contributed by atoms with van der Waals surface area (Å²) in [4.78, 5) is 0.749. The van der Waals surface area contributed by atoms with E-state index in [9.17, 15) is 0 Å². The molecule has 0 nitrogen and oxygen atoms in total. The van der Waals surface area contributed by atoms with E-state index in [4.69, 9.17) is 0 Å². The molecule has 0 bridgehead atoms. The predicted octanol–water partition coefficient (Wildman–Crippen LogP) is 4.95. The van der Waals surface area contributed by atoms with Crippen LogP contribution >= 0.6 is 31.9 Å². The van der Waals surface area contributed by atoms with Gasteiger partial charge in [0.15, 0.2) is 0 Å². The summed E-state index contributed by atoms with van der Waals surface area (Å²) in [6.07, 6.45) is 6.69. The summed E-state index contributed by atoms with van der Waals surface area (Å²) in [6.45, 7) is 0. The number of hydrogen-bond donors (Lipinski definition) is 0. The summed E-state index contributed by atoms with van der Waals surface area (Å²) < 4.78 is 1.27. The van der Waals surface area contributed by atoms with Gasteiger partial charge in [-0.25, -0.2) is 0 Å². The van der Waals surface area contributed by atoms with Crippen LogP contribution in [-0.2, 0) is 6.42 Å². The molecular weight excluding hydrogens is 316 g/mol. The Morgan fingerprint density at radius 3 is 2.73 bits per heavy atom. The highest BCUT2D eigenvalue weighted by Gasteiger charge is 2.20. The van der Waals surface area contributed by atoms with E-state index >= 15 is 0 Å². The van der Waals surface area contributed by atoms with E-state index in [1.165, 1.54) is 42.1 Å². The zero-order chi connectivity index (χ0) is 10.7. The van der Waals surface area contributed by atoms with E-state index in [1.54, 1.807) is 0 Å². The van der Waals surface area contributed by atoms with E-state index in [2.05, 4.69) is 56.1 Å². The van der Waals surface area contributed by atoms with E-state index in [1.807, 2.05) is 0 Å². The van der Waals surface area contributed by atoms with Gasteiger partial charge in [0.25, 0.3) is 0 Å². The van der Waals surface area contributed by atoms with Crippen molar-refractivity contribution in [2.75, 3.05) is 0 Å². The quantitative estimate of drug-likeness (QED) is 0.673. The fourth-order valence-corrected chi connectivity index (χ4v) is 3.68. The fraction of sp³-hybridized carbons (Fsp3) is 0.538. The van der Waals surface area contributed by atoms with Crippen LogP contribution in [0.25, 0.3) is 0 Å². The van der Waals surface area contributed by atoms with Gasteiger partial charge in [-0.1, -0.05) is 62.9 Å². The molecule has 15 heavy (non-hydrogen) atoms. The molecule has 1 aromatic rings. The fourth-order valence-electron chi connectivity index (χ4n) is 2.39. The van der Waals surface area contributed by atoms with Crippen molar-refractivity contribution < 1.29 is 0 Å². The number of alkyl halides is 1. The van der Waals surface area contributed by atoms with E-state index in [-0.39, 0.29) is 0 Å². The maximum atomic E-state index is 3.75. The van der Waals surface area contributed by atoms with Crippen LogP contribution in [0.3, 0.4) is 0 Å².